The molecule has 2 nitrogen and oxygen atoms in total. The molecule has 0 saturated carbocycles. The molecule has 0 fully saturated rings. The Morgan fingerprint density at radius 2 is 1.92 bits per heavy atom. The van der Waals surface area contributed by atoms with Gasteiger partial charge in [-0.1, -0.05) is 19.8 Å². The summed E-state index contributed by atoms with van der Waals surface area (Å²) in [5, 5.41) is 8.34. The number of hydrogen-bond acceptors (Lipinski definition) is 2. The molecular weight excluding hydrogens is 172 g/mol. The Morgan fingerprint density at radius 1 is 1.25 bits per heavy atom. The molecule has 0 spiro atoms. The third-order valence-corrected chi connectivity index (χ3v) is 2.73. The summed E-state index contributed by atoms with van der Waals surface area (Å²) in [5.41, 5.74) is 0. The molecule has 0 saturated heterocycles. The molecule has 72 valence electrons. The first-order chi connectivity index (χ1) is 5.77. The van der Waals surface area contributed by atoms with Crippen molar-refractivity contribution in [3.05, 3.63) is 0 Å². The molecule has 0 heterocycles. The standard InChI is InChI=1S/C9H18O2S/c1-2-3-4-7-12-8-5-6-9(10)11/h2-8H2,1H3,(H,10,11). The molecule has 0 aromatic heterocycles. The quantitative estimate of drug-likeness (QED) is 0.598. The van der Waals surface area contributed by atoms with Crippen molar-refractivity contribution < 1.29 is 9.90 Å². The number of thioether (sulfide) groups is 1. The van der Waals surface area contributed by atoms with Crippen LogP contribution >= 0.6 is 11.8 Å². The molecule has 0 aliphatic rings. The zero-order valence-corrected chi connectivity index (χ0v) is 8.53. The molecule has 12 heavy (non-hydrogen) atoms. The summed E-state index contributed by atoms with van der Waals surface area (Å²) in [6, 6.07) is 0. The maximum absolute atomic E-state index is 10.1. The van der Waals surface area contributed by atoms with Crippen molar-refractivity contribution in [3.8, 4) is 0 Å². The molecule has 0 aromatic carbocycles. The predicted molar refractivity (Wildman–Crippen MR) is 53.7 cm³/mol. The molecule has 0 rings (SSSR count). The van der Waals surface area contributed by atoms with E-state index in [2.05, 4.69) is 6.92 Å². The zero-order chi connectivity index (χ0) is 9.23. The van der Waals surface area contributed by atoms with E-state index in [1.807, 2.05) is 11.8 Å². The largest absolute Gasteiger partial charge is 0.481 e. The van der Waals surface area contributed by atoms with Crippen molar-refractivity contribution in [2.45, 2.75) is 39.0 Å². The molecule has 3 heteroatoms. The highest BCUT2D eigenvalue weighted by Gasteiger charge is 1.95. The van der Waals surface area contributed by atoms with Crippen molar-refractivity contribution >= 4 is 17.7 Å². The van der Waals surface area contributed by atoms with Gasteiger partial charge in [0.25, 0.3) is 0 Å². The molecule has 0 amide bonds. The van der Waals surface area contributed by atoms with Crippen LogP contribution in [0, 0.1) is 0 Å². The van der Waals surface area contributed by atoms with Crippen LogP contribution in [0.2, 0.25) is 0 Å². The molecular formula is C9H18O2S. The van der Waals surface area contributed by atoms with Gasteiger partial charge in [-0.05, 0) is 24.3 Å². The van der Waals surface area contributed by atoms with Gasteiger partial charge >= 0.3 is 5.97 Å². The number of rotatable bonds is 8. The second kappa shape index (κ2) is 8.91. The Kier molecular flexibility index (Phi) is 8.78. The van der Waals surface area contributed by atoms with Crippen molar-refractivity contribution in [2.75, 3.05) is 11.5 Å². The zero-order valence-electron chi connectivity index (χ0n) is 7.71. The monoisotopic (exact) mass is 190 g/mol. The number of unbranched alkanes of at least 4 members (excludes halogenated alkanes) is 2. The Morgan fingerprint density at radius 3 is 2.50 bits per heavy atom. The van der Waals surface area contributed by atoms with Gasteiger partial charge in [0.15, 0.2) is 0 Å². The predicted octanol–water partition coefficient (Wildman–Crippen LogP) is 2.77. The number of aliphatic carboxylic acids is 1. The van der Waals surface area contributed by atoms with E-state index in [-0.39, 0.29) is 0 Å². The first-order valence-corrected chi connectivity index (χ1v) is 5.72. The SMILES string of the molecule is CCCCCSCCCC(=O)O. The lowest BCUT2D eigenvalue weighted by Crippen LogP contribution is -1.95. The summed E-state index contributed by atoms with van der Waals surface area (Å²) in [6.07, 6.45) is 4.96. The summed E-state index contributed by atoms with van der Waals surface area (Å²) in [4.78, 5) is 10.1. The van der Waals surface area contributed by atoms with Gasteiger partial charge in [-0.2, -0.15) is 11.8 Å². The summed E-state index contributed by atoms with van der Waals surface area (Å²) in [7, 11) is 0. The van der Waals surface area contributed by atoms with E-state index < -0.39 is 5.97 Å². The Labute approximate surface area is 78.7 Å². The topological polar surface area (TPSA) is 37.3 Å². The van der Waals surface area contributed by atoms with Gasteiger partial charge in [0.1, 0.15) is 0 Å². The lowest BCUT2D eigenvalue weighted by Gasteiger charge is -1.98. The highest BCUT2D eigenvalue weighted by atomic mass is 32.2. The van der Waals surface area contributed by atoms with E-state index >= 15 is 0 Å². The van der Waals surface area contributed by atoms with E-state index in [0.29, 0.717) is 6.42 Å². The Bertz CT molecular complexity index is 115. The lowest BCUT2D eigenvalue weighted by atomic mass is 10.3. The van der Waals surface area contributed by atoms with Gasteiger partial charge in [0, 0.05) is 6.42 Å². The van der Waals surface area contributed by atoms with Crippen molar-refractivity contribution in [1.29, 1.82) is 0 Å². The second-order valence-electron chi connectivity index (χ2n) is 2.82. The van der Waals surface area contributed by atoms with Crippen LogP contribution in [0.4, 0.5) is 0 Å². The minimum absolute atomic E-state index is 0.320. The van der Waals surface area contributed by atoms with Crippen molar-refractivity contribution in [1.82, 2.24) is 0 Å². The van der Waals surface area contributed by atoms with Gasteiger partial charge < -0.3 is 5.11 Å². The minimum Gasteiger partial charge on any atom is -0.481 e. The van der Waals surface area contributed by atoms with E-state index in [1.54, 1.807) is 0 Å². The summed E-state index contributed by atoms with van der Waals surface area (Å²) in [5.74, 6) is 1.51. The molecule has 1 N–H and O–H groups in total. The van der Waals surface area contributed by atoms with E-state index in [4.69, 9.17) is 5.11 Å². The second-order valence-corrected chi connectivity index (χ2v) is 4.04. The number of carboxylic acid groups (broad SMARTS) is 1. The van der Waals surface area contributed by atoms with E-state index in [9.17, 15) is 4.79 Å². The fourth-order valence-electron chi connectivity index (χ4n) is 0.882. The first kappa shape index (κ1) is 11.8. The van der Waals surface area contributed by atoms with Gasteiger partial charge in [0.05, 0.1) is 0 Å². The van der Waals surface area contributed by atoms with Gasteiger partial charge in [-0.25, -0.2) is 0 Å². The third-order valence-electron chi connectivity index (χ3n) is 1.57. The average Bonchev–Trinajstić information content (AvgIpc) is 2.02. The van der Waals surface area contributed by atoms with Crippen LogP contribution < -0.4 is 0 Å². The fraction of sp³-hybridized carbons (Fsp3) is 0.889. The van der Waals surface area contributed by atoms with Crippen molar-refractivity contribution in [2.24, 2.45) is 0 Å². The third kappa shape index (κ3) is 9.82. The van der Waals surface area contributed by atoms with Crippen LogP contribution in [0.15, 0.2) is 0 Å². The molecule has 0 aliphatic heterocycles. The van der Waals surface area contributed by atoms with Crippen LogP contribution in [-0.4, -0.2) is 22.6 Å². The van der Waals surface area contributed by atoms with Gasteiger partial charge in [-0.3, -0.25) is 4.79 Å². The molecule has 0 aromatic rings. The Hall–Kier alpha value is -0.180. The number of carbonyl (C=O) groups is 1. The van der Waals surface area contributed by atoms with E-state index in [0.717, 1.165) is 12.2 Å². The minimum atomic E-state index is -0.677. The maximum atomic E-state index is 10.1. The van der Waals surface area contributed by atoms with Crippen LogP contribution in [0.3, 0.4) is 0 Å². The highest BCUT2D eigenvalue weighted by Crippen LogP contribution is 2.08. The molecule has 0 bridgehead atoms. The van der Waals surface area contributed by atoms with E-state index in [1.165, 1.54) is 25.0 Å². The first-order valence-electron chi connectivity index (χ1n) is 4.57. The van der Waals surface area contributed by atoms with Gasteiger partial charge in [-0.15, -0.1) is 0 Å². The Balaban J connectivity index is 2.86. The fourth-order valence-corrected chi connectivity index (χ4v) is 1.84. The summed E-state index contributed by atoms with van der Waals surface area (Å²) >= 11 is 1.87. The van der Waals surface area contributed by atoms with Gasteiger partial charge in [0.2, 0.25) is 0 Å². The summed E-state index contributed by atoms with van der Waals surface area (Å²) in [6.45, 7) is 2.19. The molecule has 0 radical (unpaired) electrons. The average molecular weight is 190 g/mol. The van der Waals surface area contributed by atoms with Crippen LogP contribution in [-0.2, 0) is 4.79 Å². The maximum Gasteiger partial charge on any atom is 0.303 e. The van der Waals surface area contributed by atoms with Crippen LogP contribution in [0.25, 0.3) is 0 Å². The summed E-state index contributed by atoms with van der Waals surface area (Å²) < 4.78 is 0. The molecule has 0 aliphatic carbocycles. The smallest absolute Gasteiger partial charge is 0.303 e. The van der Waals surface area contributed by atoms with Crippen LogP contribution in [0.5, 0.6) is 0 Å². The number of carboxylic acids is 1. The van der Waals surface area contributed by atoms with Crippen molar-refractivity contribution in [3.63, 3.8) is 0 Å². The lowest BCUT2D eigenvalue weighted by molar-refractivity contribution is -0.137. The normalized spacial score (nSPS) is 10.1. The number of hydrogen-bond donors (Lipinski definition) is 1. The van der Waals surface area contributed by atoms with Crippen LogP contribution in [0.1, 0.15) is 39.0 Å². The highest BCUT2D eigenvalue weighted by molar-refractivity contribution is 7.99. The molecule has 0 atom stereocenters. The molecule has 0 unspecified atom stereocenters.